The van der Waals surface area contributed by atoms with Crippen molar-refractivity contribution in [2.24, 2.45) is 0 Å². The second-order valence-corrected chi connectivity index (χ2v) is 9.04. The number of rotatable bonds is 5. The van der Waals surface area contributed by atoms with E-state index in [1.54, 1.807) is 60.7 Å². The number of halogens is 1. The van der Waals surface area contributed by atoms with E-state index in [9.17, 15) is 14.7 Å². The van der Waals surface area contributed by atoms with Crippen molar-refractivity contribution in [1.29, 1.82) is 0 Å². The number of aliphatic hydroxyl groups excluding tert-OH is 1. The Morgan fingerprint density at radius 3 is 2.49 bits per heavy atom. The molecule has 3 aromatic carbocycles. The highest BCUT2D eigenvalue weighted by atomic mass is 35.5. The second kappa shape index (κ2) is 9.12. The van der Waals surface area contributed by atoms with E-state index >= 15 is 0 Å². The normalized spacial score (nSPS) is 20.6. The molecule has 1 N–H and O–H groups in total. The Labute approximate surface area is 208 Å². The molecule has 35 heavy (non-hydrogen) atoms. The summed E-state index contributed by atoms with van der Waals surface area (Å²) in [4.78, 5) is 28.0. The molecule has 2 unspecified atom stereocenters. The lowest BCUT2D eigenvalue weighted by Crippen LogP contribution is -2.29. The van der Waals surface area contributed by atoms with Crippen molar-refractivity contribution < 1.29 is 24.2 Å². The van der Waals surface area contributed by atoms with E-state index in [1.165, 1.54) is 4.90 Å². The van der Waals surface area contributed by atoms with Crippen LogP contribution in [0.1, 0.15) is 36.6 Å². The highest BCUT2D eigenvalue weighted by Gasteiger charge is 2.47. The molecule has 2 aliphatic rings. The molecule has 0 spiro atoms. The molecule has 3 aromatic rings. The average molecular weight is 490 g/mol. The lowest BCUT2D eigenvalue weighted by molar-refractivity contribution is -0.132. The van der Waals surface area contributed by atoms with E-state index in [-0.39, 0.29) is 17.4 Å². The molecule has 0 aromatic heterocycles. The minimum absolute atomic E-state index is 0.0260. The molecule has 6 nitrogen and oxygen atoms in total. The molecule has 0 bridgehead atoms. The number of carbonyl (C=O) groups is 2. The maximum Gasteiger partial charge on any atom is 0.300 e. The SMILES string of the molecule is CCOc1ccc(N2C(=O)C(=O)/C(=C(\O)c3ccc4c(c3)CC(C)O4)C2c2ccc(Cl)cc2)cc1. The fourth-order valence-corrected chi connectivity index (χ4v) is 4.78. The van der Waals surface area contributed by atoms with Crippen LogP contribution in [-0.4, -0.2) is 29.5 Å². The number of Topliss-reactive ketones (excluding diaryl/α,β-unsaturated/α-hetero) is 1. The standard InChI is InChI=1S/C28H24ClNO5/c1-3-34-22-11-9-21(10-12-22)30-25(17-4-7-20(29)8-5-17)24(27(32)28(30)33)26(31)18-6-13-23-19(15-18)14-16(2)35-23/h4-13,15-16,25,31H,3,14H2,1-2H3/b26-24-. The molecule has 178 valence electrons. The lowest BCUT2D eigenvalue weighted by Gasteiger charge is -2.25. The van der Waals surface area contributed by atoms with Gasteiger partial charge in [0.2, 0.25) is 0 Å². The summed E-state index contributed by atoms with van der Waals surface area (Å²) in [7, 11) is 0. The minimum Gasteiger partial charge on any atom is -0.507 e. The van der Waals surface area contributed by atoms with Gasteiger partial charge in [-0.15, -0.1) is 0 Å². The van der Waals surface area contributed by atoms with Gasteiger partial charge in [0.15, 0.2) is 0 Å². The van der Waals surface area contributed by atoms with Crippen LogP contribution in [-0.2, 0) is 16.0 Å². The number of carbonyl (C=O) groups excluding carboxylic acids is 2. The van der Waals surface area contributed by atoms with Gasteiger partial charge in [-0.05, 0) is 79.6 Å². The van der Waals surface area contributed by atoms with Gasteiger partial charge in [0.1, 0.15) is 23.4 Å². The van der Waals surface area contributed by atoms with Crippen LogP contribution < -0.4 is 14.4 Å². The van der Waals surface area contributed by atoms with Crippen molar-refractivity contribution in [3.05, 3.63) is 94.0 Å². The van der Waals surface area contributed by atoms with Gasteiger partial charge >= 0.3 is 0 Å². The minimum atomic E-state index is -0.825. The van der Waals surface area contributed by atoms with Gasteiger partial charge in [-0.2, -0.15) is 0 Å². The highest BCUT2D eigenvalue weighted by molar-refractivity contribution is 6.51. The molecule has 1 amide bonds. The Kier molecular flexibility index (Phi) is 5.99. The summed E-state index contributed by atoms with van der Waals surface area (Å²) in [5.74, 6) is -0.266. The number of benzene rings is 3. The summed E-state index contributed by atoms with van der Waals surface area (Å²) in [6, 6.07) is 18.3. The molecular weight excluding hydrogens is 466 g/mol. The number of amides is 1. The van der Waals surface area contributed by atoms with Crippen LogP contribution in [0.25, 0.3) is 5.76 Å². The van der Waals surface area contributed by atoms with Crippen LogP contribution in [0.5, 0.6) is 11.5 Å². The molecule has 7 heteroatoms. The second-order valence-electron chi connectivity index (χ2n) is 8.60. The highest BCUT2D eigenvalue weighted by Crippen LogP contribution is 2.43. The molecule has 1 saturated heterocycles. The molecular formula is C28H24ClNO5. The average Bonchev–Trinajstić information content (AvgIpc) is 3.35. The van der Waals surface area contributed by atoms with Crippen molar-refractivity contribution in [3.63, 3.8) is 0 Å². The Balaban J connectivity index is 1.64. The zero-order valence-electron chi connectivity index (χ0n) is 19.3. The van der Waals surface area contributed by atoms with Gasteiger partial charge in [0, 0.05) is 22.7 Å². The first kappa shape index (κ1) is 23.0. The lowest BCUT2D eigenvalue weighted by atomic mass is 9.94. The van der Waals surface area contributed by atoms with E-state index in [1.807, 2.05) is 19.9 Å². The third-order valence-corrected chi connectivity index (χ3v) is 6.48. The number of nitrogens with zero attached hydrogens (tertiary/aromatic N) is 1. The van der Waals surface area contributed by atoms with Crippen LogP contribution in [0, 0.1) is 0 Å². The van der Waals surface area contributed by atoms with E-state index in [4.69, 9.17) is 21.1 Å². The number of hydrogen-bond acceptors (Lipinski definition) is 5. The van der Waals surface area contributed by atoms with Crippen LogP contribution >= 0.6 is 11.6 Å². The summed E-state index contributed by atoms with van der Waals surface area (Å²) in [5.41, 5.74) is 2.61. The zero-order chi connectivity index (χ0) is 24.7. The molecule has 2 heterocycles. The largest absolute Gasteiger partial charge is 0.507 e. The quantitative estimate of drug-likeness (QED) is 0.283. The van der Waals surface area contributed by atoms with Crippen molar-refractivity contribution in [1.82, 2.24) is 0 Å². The first-order valence-corrected chi connectivity index (χ1v) is 11.8. The fourth-order valence-electron chi connectivity index (χ4n) is 4.65. The number of fused-ring (bicyclic) bond motifs is 1. The monoisotopic (exact) mass is 489 g/mol. The fraction of sp³-hybridized carbons (Fsp3) is 0.214. The van der Waals surface area contributed by atoms with Gasteiger partial charge in [-0.25, -0.2) is 0 Å². The van der Waals surface area contributed by atoms with Crippen molar-refractivity contribution >= 4 is 34.7 Å². The molecule has 2 atom stereocenters. The summed E-state index contributed by atoms with van der Waals surface area (Å²) >= 11 is 6.10. The van der Waals surface area contributed by atoms with Crippen molar-refractivity contribution in [3.8, 4) is 11.5 Å². The maximum absolute atomic E-state index is 13.3. The van der Waals surface area contributed by atoms with Crippen LogP contribution in [0.2, 0.25) is 5.02 Å². The van der Waals surface area contributed by atoms with Gasteiger partial charge in [0.25, 0.3) is 11.7 Å². The molecule has 0 aliphatic carbocycles. The number of anilines is 1. The molecule has 1 fully saturated rings. The van der Waals surface area contributed by atoms with Gasteiger partial charge in [-0.1, -0.05) is 23.7 Å². The topological polar surface area (TPSA) is 76.1 Å². The Morgan fingerprint density at radius 1 is 1.09 bits per heavy atom. The van der Waals surface area contributed by atoms with Crippen LogP contribution in [0.4, 0.5) is 5.69 Å². The van der Waals surface area contributed by atoms with Gasteiger partial charge in [0.05, 0.1) is 18.2 Å². The zero-order valence-corrected chi connectivity index (χ0v) is 20.1. The predicted octanol–water partition coefficient (Wildman–Crippen LogP) is 5.69. The van der Waals surface area contributed by atoms with E-state index in [0.29, 0.717) is 40.6 Å². The summed E-state index contributed by atoms with van der Waals surface area (Å²) < 4.78 is 11.3. The van der Waals surface area contributed by atoms with E-state index in [2.05, 4.69) is 0 Å². The number of ether oxygens (including phenoxy) is 2. The summed E-state index contributed by atoms with van der Waals surface area (Å²) in [6.07, 6.45) is 0.749. The molecule has 0 saturated carbocycles. The molecule has 2 aliphatic heterocycles. The number of aliphatic hydroxyl groups is 1. The maximum atomic E-state index is 13.3. The Morgan fingerprint density at radius 2 is 1.80 bits per heavy atom. The first-order chi connectivity index (χ1) is 16.9. The summed E-state index contributed by atoms with van der Waals surface area (Å²) in [6.45, 7) is 4.38. The number of ketones is 1. The van der Waals surface area contributed by atoms with Crippen LogP contribution in [0.15, 0.2) is 72.3 Å². The van der Waals surface area contributed by atoms with Crippen LogP contribution in [0.3, 0.4) is 0 Å². The molecule has 0 radical (unpaired) electrons. The summed E-state index contributed by atoms with van der Waals surface area (Å²) in [5, 5.41) is 11.9. The van der Waals surface area contributed by atoms with E-state index < -0.39 is 17.7 Å². The third-order valence-electron chi connectivity index (χ3n) is 6.23. The van der Waals surface area contributed by atoms with Crippen molar-refractivity contribution in [2.45, 2.75) is 32.4 Å². The Hall–Kier alpha value is -3.77. The van der Waals surface area contributed by atoms with Gasteiger partial charge < -0.3 is 14.6 Å². The third kappa shape index (κ3) is 4.15. The smallest absolute Gasteiger partial charge is 0.300 e. The Bertz CT molecular complexity index is 1330. The van der Waals surface area contributed by atoms with Crippen molar-refractivity contribution in [2.75, 3.05) is 11.5 Å². The first-order valence-electron chi connectivity index (χ1n) is 11.5. The predicted molar refractivity (Wildman–Crippen MR) is 134 cm³/mol. The molecule has 5 rings (SSSR count). The number of hydrogen-bond donors (Lipinski definition) is 1. The van der Waals surface area contributed by atoms with E-state index in [0.717, 1.165) is 11.3 Å². The van der Waals surface area contributed by atoms with Gasteiger partial charge in [-0.3, -0.25) is 14.5 Å².